The molecular weight excluding hydrogens is 334 g/mol. The minimum absolute atomic E-state index is 0.0160. The monoisotopic (exact) mass is 343 g/mol. The smallest absolute Gasteiger partial charge is 0.236 e. The van der Waals surface area contributed by atoms with Crippen molar-refractivity contribution in [3.05, 3.63) is 22.2 Å². The van der Waals surface area contributed by atoms with Gasteiger partial charge in [-0.05, 0) is 12.1 Å². The first-order chi connectivity index (χ1) is 9.10. The van der Waals surface area contributed by atoms with Crippen molar-refractivity contribution in [3.8, 4) is 11.5 Å². The predicted octanol–water partition coefficient (Wildman–Crippen LogP) is 1.72. The molecule has 1 heterocycles. The molecule has 1 aliphatic heterocycles. The van der Waals surface area contributed by atoms with Crippen LogP contribution in [-0.4, -0.2) is 35.3 Å². The highest BCUT2D eigenvalue weighted by molar-refractivity contribution is 9.10. The van der Waals surface area contributed by atoms with Crippen LogP contribution in [0, 0.1) is 0 Å². The number of aromatic hydroxyl groups is 1. The van der Waals surface area contributed by atoms with E-state index in [0.29, 0.717) is 22.2 Å². The van der Waals surface area contributed by atoms with E-state index >= 15 is 0 Å². The van der Waals surface area contributed by atoms with Crippen molar-refractivity contribution in [2.24, 2.45) is 10.2 Å². The van der Waals surface area contributed by atoms with Crippen molar-refractivity contribution in [2.45, 2.75) is 0 Å². The van der Waals surface area contributed by atoms with Crippen molar-refractivity contribution >= 4 is 45.0 Å². The van der Waals surface area contributed by atoms with Gasteiger partial charge in [0, 0.05) is 10.0 Å². The van der Waals surface area contributed by atoms with E-state index in [0.717, 1.165) is 4.47 Å². The van der Waals surface area contributed by atoms with Gasteiger partial charge in [0.2, 0.25) is 5.91 Å². The Hall–Kier alpha value is -1.54. The lowest BCUT2D eigenvalue weighted by atomic mass is 10.2. The molecule has 100 valence electrons. The standard InChI is InChI=1S/C11H10BrN3O3S/c1-18-8-3-7(12)2-6(10(8)17)4-13-15-11-14-9(16)5-19-11/h2-4,17H,5H2,1H3,(H,14,15,16). The Kier molecular flexibility index (Phi) is 4.43. The Balaban J connectivity index is 2.19. The van der Waals surface area contributed by atoms with Gasteiger partial charge in [-0.1, -0.05) is 27.7 Å². The number of benzene rings is 1. The molecule has 1 aliphatic rings. The van der Waals surface area contributed by atoms with Crippen LogP contribution in [0.2, 0.25) is 0 Å². The van der Waals surface area contributed by atoms with E-state index < -0.39 is 0 Å². The fourth-order valence-electron chi connectivity index (χ4n) is 1.37. The highest BCUT2D eigenvalue weighted by atomic mass is 79.9. The molecule has 2 rings (SSSR count). The van der Waals surface area contributed by atoms with E-state index in [1.165, 1.54) is 25.1 Å². The number of amidine groups is 1. The molecule has 1 aromatic carbocycles. The Morgan fingerprint density at radius 2 is 2.37 bits per heavy atom. The van der Waals surface area contributed by atoms with Crippen LogP contribution in [0.25, 0.3) is 0 Å². The normalized spacial score (nSPS) is 17.2. The predicted molar refractivity (Wildman–Crippen MR) is 78.0 cm³/mol. The van der Waals surface area contributed by atoms with Crippen LogP contribution in [0.15, 0.2) is 26.8 Å². The number of carbonyl (C=O) groups is 1. The van der Waals surface area contributed by atoms with Gasteiger partial charge >= 0.3 is 0 Å². The summed E-state index contributed by atoms with van der Waals surface area (Å²) in [5.74, 6) is 0.584. The molecule has 1 aromatic rings. The molecule has 0 atom stereocenters. The topological polar surface area (TPSA) is 83.3 Å². The summed E-state index contributed by atoms with van der Waals surface area (Å²) in [6.07, 6.45) is 1.39. The Morgan fingerprint density at radius 1 is 1.58 bits per heavy atom. The molecular formula is C11H10BrN3O3S. The van der Waals surface area contributed by atoms with Crippen LogP contribution >= 0.6 is 27.7 Å². The zero-order valence-electron chi connectivity index (χ0n) is 9.88. The van der Waals surface area contributed by atoms with E-state index in [9.17, 15) is 9.90 Å². The lowest BCUT2D eigenvalue weighted by Gasteiger charge is -2.06. The second-order valence-electron chi connectivity index (χ2n) is 3.53. The number of hydrogen-bond acceptors (Lipinski definition) is 6. The first kappa shape index (κ1) is 13.9. The molecule has 0 spiro atoms. The number of thioether (sulfide) groups is 1. The van der Waals surface area contributed by atoms with Gasteiger partial charge in [-0.2, -0.15) is 5.10 Å². The molecule has 0 aromatic heterocycles. The second kappa shape index (κ2) is 6.07. The third kappa shape index (κ3) is 3.48. The molecule has 6 nitrogen and oxygen atoms in total. The van der Waals surface area contributed by atoms with Crippen molar-refractivity contribution in [3.63, 3.8) is 0 Å². The molecule has 2 N–H and O–H groups in total. The summed E-state index contributed by atoms with van der Waals surface area (Å²) in [6, 6.07) is 3.33. The Labute approximate surface area is 122 Å². The van der Waals surface area contributed by atoms with E-state index in [4.69, 9.17) is 4.74 Å². The maximum atomic E-state index is 10.9. The Bertz CT molecular complexity index is 575. The summed E-state index contributed by atoms with van der Waals surface area (Å²) in [7, 11) is 1.47. The van der Waals surface area contributed by atoms with Gasteiger partial charge in [0.1, 0.15) is 0 Å². The lowest BCUT2D eigenvalue weighted by molar-refractivity contribution is -0.116. The number of nitrogens with one attached hydrogen (secondary N) is 1. The summed E-state index contributed by atoms with van der Waals surface area (Å²) in [4.78, 5) is 10.9. The Morgan fingerprint density at radius 3 is 3.00 bits per heavy atom. The average Bonchev–Trinajstić information content (AvgIpc) is 2.79. The zero-order chi connectivity index (χ0) is 13.8. The minimum atomic E-state index is -0.0917. The molecule has 1 amide bonds. The SMILES string of the molecule is COc1cc(Br)cc(C=NN=C2NC(=O)CS2)c1O. The van der Waals surface area contributed by atoms with Crippen LogP contribution in [0.5, 0.6) is 11.5 Å². The van der Waals surface area contributed by atoms with E-state index in [1.807, 2.05) is 0 Å². The van der Waals surface area contributed by atoms with Gasteiger partial charge in [0.25, 0.3) is 0 Å². The molecule has 0 saturated carbocycles. The quantitative estimate of drug-likeness (QED) is 0.646. The second-order valence-corrected chi connectivity index (χ2v) is 5.41. The number of ether oxygens (including phenoxy) is 1. The number of nitrogens with zero attached hydrogens (tertiary/aromatic N) is 2. The fraction of sp³-hybridized carbons (Fsp3) is 0.182. The van der Waals surface area contributed by atoms with Gasteiger partial charge in [-0.25, -0.2) is 0 Å². The minimum Gasteiger partial charge on any atom is -0.504 e. The van der Waals surface area contributed by atoms with Crippen LogP contribution < -0.4 is 10.1 Å². The van der Waals surface area contributed by atoms with Crippen LogP contribution in [0.1, 0.15) is 5.56 Å². The molecule has 19 heavy (non-hydrogen) atoms. The third-order valence-electron chi connectivity index (χ3n) is 2.22. The van der Waals surface area contributed by atoms with Crippen LogP contribution in [0.4, 0.5) is 0 Å². The van der Waals surface area contributed by atoms with Gasteiger partial charge in [-0.3, -0.25) is 4.79 Å². The first-order valence-corrected chi connectivity index (χ1v) is 6.98. The third-order valence-corrected chi connectivity index (χ3v) is 3.54. The van der Waals surface area contributed by atoms with Gasteiger partial charge in [0.05, 0.1) is 19.1 Å². The summed E-state index contributed by atoms with van der Waals surface area (Å²) < 4.78 is 5.77. The number of halogens is 1. The largest absolute Gasteiger partial charge is 0.504 e. The number of rotatable bonds is 3. The summed E-state index contributed by atoms with van der Waals surface area (Å²) >= 11 is 4.58. The molecule has 0 aliphatic carbocycles. The molecule has 8 heteroatoms. The van der Waals surface area contributed by atoms with E-state index in [-0.39, 0.29) is 11.7 Å². The summed E-state index contributed by atoms with van der Waals surface area (Å²) in [6.45, 7) is 0. The van der Waals surface area contributed by atoms with Gasteiger partial charge in [0.15, 0.2) is 16.7 Å². The number of amides is 1. The van der Waals surface area contributed by atoms with Gasteiger partial charge < -0.3 is 15.2 Å². The highest BCUT2D eigenvalue weighted by Gasteiger charge is 2.16. The van der Waals surface area contributed by atoms with E-state index in [1.54, 1.807) is 12.1 Å². The number of carbonyl (C=O) groups excluding carboxylic acids is 1. The lowest BCUT2D eigenvalue weighted by Crippen LogP contribution is -2.19. The maximum Gasteiger partial charge on any atom is 0.236 e. The molecule has 0 bridgehead atoms. The van der Waals surface area contributed by atoms with Gasteiger partial charge in [-0.15, -0.1) is 5.10 Å². The highest BCUT2D eigenvalue weighted by Crippen LogP contribution is 2.32. The van der Waals surface area contributed by atoms with Crippen LogP contribution in [0.3, 0.4) is 0 Å². The first-order valence-electron chi connectivity index (χ1n) is 5.20. The summed E-state index contributed by atoms with van der Waals surface area (Å²) in [5.41, 5.74) is 0.463. The maximum absolute atomic E-state index is 10.9. The molecule has 0 radical (unpaired) electrons. The molecule has 0 unspecified atom stereocenters. The zero-order valence-corrected chi connectivity index (χ0v) is 12.3. The van der Waals surface area contributed by atoms with Crippen molar-refractivity contribution in [1.82, 2.24) is 5.32 Å². The molecule has 1 fully saturated rings. The fourth-order valence-corrected chi connectivity index (χ4v) is 2.46. The number of phenolic OH excluding ortho intramolecular Hbond substituents is 1. The van der Waals surface area contributed by atoms with Crippen molar-refractivity contribution < 1.29 is 14.6 Å². The van der Waals surface area contributed by atoms with Crippen molar-refractivity contribution in [2.75, 3.05) is 12.9 Å². The number of methoxy groups -OCH3 is 1. The summed E-state index contributed by atoms with van der Waals surface area (Å²) in [5, 5.41) is 20.6. The number of phenols is 1. The van der Waals surface area contributed by atoms with Crippen molar-refractivity contribution in [1.29, 1.82) is 0 Å². The van der Waals surface area contributed by atoms with E-state index in [2.05, 4.69) is 31.4 Å². The van der Waals surface area contributed by atoms with Crippen LogP contribution in [-0.2, 0) is 4.79 Å². The number of hydrogen-bond donors (Lipinski definition) is 2. The average molecular weight is 344 g/mol. The molecule has 1 saturated heterocycles.